The molecule has 25 heavy (non-hydrogen) atoms. The first kappa shape index (κ1) is 16.4. The molecule has 1 unspecified atom stereocenters. The van der Waals surface area contributed by atoms with Gasteiger partial charge in [0.05, 0.1) is 17.2 Å². The third-order valence-corrected chi connectivity index (χ3v) is 6.25. The van der Waals surface area contributed by atoms with Gasteiger partial charge in [-0.1, -0.05) is 13.0 Å². The minimum absolute atomic E-state index is 0.0425. The van der Waals surface area contributed by atoms with E-state index in [0.717, 1.165) is 16.8 Å². The molecule has 0 saturated carbocycles. The Hall–Kier alpha value is -2.10. The van der Waals surface area contributed by atoms with E-state index >= 15 is 0 Å². The molecule has 134 valence electrons. The summed E-state index contributed by atoms with van der Waals surface area (Å²) in [7, 11) is -2.45. The molecule has 9 heteroatoms. The Morgan fingerprint density at radius 3 is 2.80 bits per heavy atom. The summed E-state index contributed by atoms with van der Waals surface area (Å²) in [6.07, 6.45) is 0.415. The topological polar surface area (TPSA) is 111 Å². The van der Waals surface area contributed by atoms with E-state index in [0.29, 0.717) is 42.6 Å². The minimum Gasteiger partial charge on any atom is -0.423 e. The molecule has 0 aliphatic carbocycles. The summed E-state index contributed by atoms with van der Waals surface area (Å²) in [6, 6.07) is 6.18. The van der Waals surface area contributed by atoms with Gasteiger partial charge in [-0.15, -0.1) is 0 Å². The van der Waals surface area contributed by atoms with Crippen LogP contribution in [0.4, 0.5) is 6.01 Å². The highest BCUT2D eigenvalue weighted by molar-refractivity contribution is 8.24. The maximum absolute atomic E-state index is 11.4. The van der Waals surface area contributed by atoms with Crippen molar-refractivity contribution in [3.8, 4) is 0 Å². The fourth-order valence-electron chi connectivity index (χ4n) is 3.13. The van der Waals surface area contributed by atoms with E-state index in [-0.39, 0.29) is 11.8 Å². The van der Waals surface area contributed by atoms with Gasteiger partial charge in [-0.2, -0.15) is 20.7 Å². The van der Waals surface area contributed by atoms with Crippen LogP contribution in [0.1, 0.15) is 18.9 Å². The fraction of sp³-hybridized carbons (Fsp3) is 0.438. The maximum atomic E-state index is 11.4. The molecular formula is C16H20N4O4S. The van der Waals surface area contributed by atoms with Crippen LogP contribution in [-0.4, -0.2) is 50.3 Å². The lowest BCUT2D eigenvalue weighted by atomic mass is 9.94. The van der Waals surface area contributed by atoms with Crippen molar-refractivity contribution in [3.63, 3.8) is 0 Å². The van der Waals surface area contributed by atoms with Crippen LogP contribution in [0.25, 0.3) is 11.1 Å². The lowest BCUT2D eigenvalue weighted by molar-refractivity contribution is -0.121. The summed E-state index contributed by atoms with van der Waals surface area (Å²) in [5.41, 5.74) is 5.64. The Morgan fingerprint density at radius 1 is 1.32 bits per heavy atom. The lowest BCUT2D eigenvalue weighted by Gasteiger charge is -2.40. The molecule has 0 spiro atoms. The van der Waals surface area contributed by atoms with E-state index in [1.54, 1.807) is 0 Å². The molecule has 3 N–H and O–H groups in total. The summed E-state index contributed by atoms with van der Waals surface area (Å²) < 4.78 is 25.3. The van der Waals surface area contributed by atoms with Crippen LogP contribution in [0.5, 0.6) is 0 Å². The van der Waals surface area contributed by atoms with Crippen molar-refractivity contribution in [1.29, 1.82) is 0 Å². The second kappa shape index (κ2) is 6.01. The summed E-state index contributed by atoms with van der Waals surface area (Å²) >= 11 is 0. The van der Waals surface area contributed by atoms with Gasteiger partial charge in [-0.25, -0.2) is 5.43 Å². The van der Waals surface area contributed by atoms with E-state index in [1.165, 1.54) is 0 Å². The molecule has 2 aliphatic heterocycles. The molecule has 2 aliphatic rings. The quantitative estimate of drug-likeness (QED) is 0.754. The number of oxazole rings is 1. The molecule has 1 aromatic carbocycles. The predicted molar refractivity (Wildman–Crippen MR) is 97.3 cm³/mol. The molecule has 1 atom stereocenters. The van der Waals surface area contributed by atoms with Crippen LogP contribution in [-0.2, 0) is 4.79 Å². The molecule has 8 nitrogen and oxygen atoms in total. The largest absolute Gasteiger partial charge is 0.423 e. The number of aromatic nitrogens is 1. The third-order valence-electron chi connectivity index (χ3n) is 4.58. The van der Waals surface area contributed by atoms with Crippen molar-refractivity contribution in [1.82, 2.24) is 10.4 Å². The van der Waals surface area contributed by atoms with Gasteiger partial charge in [0.2, 0.25) is 5.91 Å². The Morgan fingerprint density at radius 2 is 2.08 bits per heavy atom. The van der Waals surface area contributed by atoms with Crippen molar-refractivity contribution >= 4 is 39.3 Å². The molecule has 0 bridgehead atoms. The van der Waals surface area contributed by atoms with E-state index in [4.69, 9.17) is 4.42 Å². The number of carbonyl (C=O) groups excluding carboxylic acids is 1. The number of hydrazone groups is 1. The summed E-state index contributed by atoms with van der Waals surface area (Å²) in [5, 5.41) is 4.17. The lowest BCUT2D eigenvalue weighted by Crippen LogP contribution is -2.38. The van der Waals surface area contributed by atoms with Crippen LogP contribution in [0.15, 0.2) is 27.7 Å². The van der Waals surface area contributed by atoms with Crippen LogP contribution in [0.3, 0.4) is 0 Å². The van der Waals surface area contributed by atoms with Crippen LogP contribution < -0.4 is 10.3 Å². The van der Waals surface area contributed by atoms with E-state index in [1.807, 2.05) is 30.0 Å². The van der Waals surface area contributed by atoms with Gasteiger partial charge in [-0.05, 0) is 12.1 Å². The molecule has 0 radical (unpaired) electrons. The smallest absolute Gasteiger partial charge is 0.298 e. The Bertz CT molecular complexity index is 853. The van der Waals surface area contributed by atoms with Gasteiger partial charge in [0.15, 0.2) is 5.58 Å². The van der Waals surface area contributed by atoms with Gasteiger partial charge in [0.1, 0.15) is 5.52 Å². The molecule has 3 heterocycles. The summed E-state index contributed by atoms with van der Waals surface area (Å²) in [6.45, 7) is 3.00. The number of nitrogens with zero attached hydrogens (tertiary/aromatic N) is 3. The highest BCUT2D eigenvalue weighted by Gasteiger charge is 2.26. The zero-order valence-electron chi connectivity index (χ0n) is 13.8. The van der Waals surface area contributed by atoms with Crippen molar-refractivity contribution in [2.45, 2.75) is 13.3 Å². The Balaban J connectivity index is 1.61. The first-order valence-corrected chi connectivity index (χ1v) is 10.1. The summed E-state index contributed by atoms with van der Waals surface area (Å²) in [4.78, 5) is 17.8. The van der Waals surface area contributed by atoms with Crippen LogP contribution in [0, 0.1) is 5.92 Å². The number of carbonyl (C=O) groups is 1. The van der Waals surface area contributed by atoms with Gasteiger partial charge >= 0.3 is 0 Å². The number of nitrogens with one attached hydrogen (secondary N) is 1. The first-order chi connectivity index (χ1) is 11.9. The van der Waals surface area contributed by atoms with Crippen molar-refractivity contribution < 1.29 is 18.3 Å². The van der Waals surface area contributed by atoms with E-state index in [2.05, 4.69) is 15.5 Å². The molecule has 4 rings (SSSR count). The Kier molecular flexibility index (Phi) is 3.94. The molecular weight excluding hydrogens is 344 g/mol. The molecule has 1 aromatic heterocycles. The van der Waals surface area contributed by atoms with Crippen LogP contribution in [0.2, 0.25) is 0 Å². The predicted octanol–water partition coefficient (Wildman–Crippen LogP) is 2.26. The monoisotopic (exact) mass is 364 g/mol. The first-order valence-electron chi connectivity index (χ1n) is 8.17. The van der Waals surface area contributed by atoms with Gasteiger partial charge in [0, 0.05) is 31.0 Å². The molecule has 1 fully saturated rings. The zero-order chi connectivity index (χ0) is 17.6. The third kappa shape index (κ3) is 3.22. The van der Waals surface area contributed by atoms with Gasteiger partial charge < -0.3 is 9.32 Å². The highest BCUT2D eigenvalue weighted by Crippen LogP contribution is 2.41. The highest BCUT2D eigenvalue weighted by atomic mass is 32.3. The average Bonchev–Trinajstić information content (AvgIpc) is 2.97. The maximum Gasteiger partial charge on any atom is 0.298 e. The number of amides is 1. The number of hydrogen-bond acceptors (Lipinski definition) is 7. The SMILES string of the molecule is CC1CC(=O)NN=C1c1ccc2nc(N3CCS(O)(O)CC3)oc2c1. The molecule has 1 amide bonds. The number of hydrogen-bond donors (Lipinski definition) is 3. The second-order valence-electron chi connectivity index (χ2n) is 6.51. The number of anilines is 1. The second-order valence-corrected chi connectivity index (χ2v) is 8.93. The average molecular weight is 364 g/mol. The molecule has 2 aromatic rings. The molecule has 1 saturated heterocycles. The van der Waals surface area contributed by atoms with E-state index in [9.17, 15) is 13.9 Å². The van der Waals surface area contributed by atoms with Gasteiger partial charge in [-0.3, -0.25) is 13.9 Å². The zero-order valence-corrected chi connectivity index (χ0v) is 14.6. The number of fused-ring (bicyclic) bond motifs is 1. The number of rotatable bonds is 2. The van der Waals surface area contributed by atoms with Crippen LogP contribution >= 0.6 is 10.6 Å². The number of benzene rings is 1. The standard InChI is InChI=1S/C16H20N4O4S/c1-10-8-14(21)18-19-15(10)11-2-3-12-13(9-11)24-16(17-12)20-4-6-25(22,23)7-5-20/h2-3,9-10,22-23H,4-8H2,1H3,(H,18,21). The normalized spacial score (nSPS) is 24.8. The fourth-order valence-corrected chi connectivity index (χ4v) is 4.36. The van der Waals surface area contributed by atoms with E-state index < -0.39 is 10.6 Å². The minimum atomic E-state index is -2.45. The Labute approximate surface area is 146 Å². The van der Waals surface area contributed by atoms with Crippen molar-refractivity contribution in [3.05, 3.63) is 23.8 Å². The van der Waals surface area contributed by atoms with Crippen molar-refractivity contribution in [2.24, 2.45) is 11.0 Å². The van der Waals surface area contributed by atoms with Gasteiger partial charge in [0.25, 0.3) is 6.01 Å². The summed E-state index contributed by atoms with van der Waals surface area (Å²) in [5.74, 6) is 0.645. The van der Waals surface area contributed by atoms with Crippen molar-refractivity contribution in [2.75, 3.05) is 29.5 Å².